The highest BCUT2D eigenvalue weighted by Crippen LogP contribution is 2.40. The molecule has 2 amide bonds. The quantitative estimate of drug-likeness (QED) is 0.392. The molecule has 0 unspecified atom stereocenters. The van der Waals surface area contributed by atoms with Crippen molar-refractivity contribution in [2.24, 2.45) is 0 Å². The van der Waals surface area contributed by atoms with Gasteiger partial charge in [0.05, 0.1) is 0 Å². The lowest BCUT2D eigenvalue weighted by Crippen LogP contribution is -2.54. The Bertz CT molecular complexity index is 1250. The van der Waals surface area contributed by atoms with E-state index >= 15 is 0 Å². The van der Waals surface area contributed by atoms with Gasteiger partial charge in [0.25, 0.3) is 5.91 Å². The lowest BCUT2D eigenvalue weighted by molar-refractivity contribution is -0.135. The molecule has 2 aromatic carbocycles. The number of piperazine rings is 1. The van der Waals surface area contributed by atoms with Gasteiger partial charge in [-0.3, -0.25) is 9.59 Å². The zero-order chi connectivity index (χ0) is 27.2. The van der Waals surface area contributed by atoms with Gasteiger partial charge in [0, 0.05) is 61.7 Å². The molecule has 8 nitrogen and oxygen atoms in total. The number of aromatic nitrogens is 2. The number of halogens is 1. The zero-order valence-corrected chi connectivity index (χ0v) is 22.2. The van der Waals surface area contributed by atoms with Crippen LogP contribution in [-0.4, -0.2) is 83.4 Å². The normalized spacial score (nSPS) is 19.9. The van der Waals surface area contributed by atoms with Crippen LogP contribution in [0.5, 0.6) is 0 Å². The first-order chi connectivity index (χ1) is 19.0. The summed E-state index contributed by atoms with van der Waals surface area (Å²) >= 11 is 0. The third kappa shape index (κ3) is 7.04. The van der Waals surface area contributed by atoms with Gasteiger partial charge in [-0.1, -0.05) is 24.3 Å². The highest BCUT2D eigenvalue weighted by atomic mass is 19.1. The average molecular weight is 531 g/mol. The summed E-state index contributed by atoms with van der Waals surface area (Å²) < 4.78 is 13.2. The number of benzene rings is 2. The second-order valence-corrected chi connectivity index (χ2v) is 10.4. The van der Waals surface area contributed by atoms with Gasteiger partial charge in [-0.05, 0) is 68.8 Å². The number of carbonyl (C=O) groups is 2. The molecule has 0 spiro atoms. The summed E-state index contributed by atoms with van der Waals surface area (Å²) in [5, 5.41) is 6.56. The van der Waals surface area contributed by atoms with Crippen LogP contribution in [0.3, 0.4) is 0 Å². The maximum atomic E-state index is 13.4. The Kier molecular flexibility index (Phi) is 8.58. The van der Waals surface area contributed by atoms with Crippen LogP contribution in [-0.2, 0) is 4.79 Å². The lowest BCUT2D eigenvalue weighted by Gasteiger charge is -2.34. The molecule has 2 heterocycles. The SMILES string of the molecule is CN1CCN(C(=O)[C@H](CCCN[C@@H]2C[C@H]2c2ccc(F)cc2)NC(=O)c2ccc(-c3ncccn3)cc2)CC1. The predicted octanol–water partition coefficient (Wildman–Crippen LogP) is 3.08. The van der Waals surface area contributed by atoms with Crippen molar-refractivity contribution in [3.8, 4) is 11.4 Å². The van der Waals surface area contributed by atoms with E-state index in [1.165, 1.54) is 12.1 Å². The molecule has 1 aliphatic carbocycles. The van der Waals surface area contributed by atoms with E-state index in [1.807, 2.05) is 36.2 Å². The standard InChI is InChI=1S/C30H35FN6O2/c1-36-16-18-37(19-17-36)30(39)26(4-2-13-32-27-20-25(27)21-9-11-24(31)12-10-21)35-29(38)23-7-5-22(6-8-23)28-33-14-3-15-34-28/h3,5-12,14-15,25-27,32H,2,4,13,16-20H2,1H3,(H,35,38)/t25-,26-,27+/m0/s1. The van der Waals surface area contributed by atoms with Crippen molar-refractivity contribution in [3.05, 3.63) is 83.9 Å². The number of hydrogen-bond acceptors (Lipinski definition) is 6. The van der Waals surface area contributed by atoms with E-state index in [9.17, 15) is 14.0 Å². The molecule has 2 N–H and O–H groups in total. The molecule has 2 aliphatic rings. The summed E-state index contributed by atoms with van der Waals surface area (Å²) in [5.41, 5.74) is 2.46. The van der Waals surface area contributed by atoms with Gasteiger partial charge in [-0.25, -0.2) is 14.4 Å². The smallest absolute Gasteiger partial charge is 0.251 e. The Balaban J connectivity index is 1.17. The fourth-order valence-corrected chi connectivity index (χ4v) is 5.06. The van der Waals surface area contributed by atoms with Gasteiger partial charge in [-0.2, -0.15) is 0 Å². The van der Waals surface area contributed by atoms with Crippen LogP contribution in [0.1, 0.15) is 41.1 Å². The largest absolute Gasteiger partial charge is 0.340 e. The third-order valence-electron chi connectivity index (χ3n) is 7.55. The minimum absolute atomic E-state index is 0.0265. The molecule has 39 heavy (non-hydrogen) atoms. The number of nitrogens with zero attached hydrogens (tertiary/aromatic N) is 4. The van der Waals surface area contributed by atoms with Crippen LogP contribution >= 0.6 is 0 Å². The van der Waals surface area contributed by atoms with Crippen molar-refractivity contribution >= 4 is 11.8 Å². The summed E-state index contributed by atoms with van der Waals surface area (Å²) in [5.74, 6) is 0.480. The van der Waals surface area contributed by atoms with Crippen LogP contribution in [0.2, 0.25) is 0 Å². The Morgan fingerprint density at radius 3 is 2.38 bits per heavy atom. The predicted molar refractivity (Wildman–Crippen MR) is 148 cm³/mol. The molecule has 0 radical (unpaired) electrons. The molecule has 3 atom stereocenters. The van der Waals surface area contributed by atoms with Gasteiger partial charge in [0.1, 0.15) is 11.9 Å². The van der Waals surface area contributed by atoms with Gasteiger partial charge < -0.3 is 20.4 Å². The van der Waals surface area contributed by atoms with Crippen molar-refractivity contribution in [3.63, 3.8) is 0 Å². The molecule has 5 rings (SSSR count). The number of likely N-dealkylation sites (N-methyl/N-ethyl adjacent to an activating group) is 1. The summed E-state index contributed by atoms with van der Waals surface area (Å²) in [6.07, 6.45) is 5.68. The summed E-state index contributed by atoms with van der Waals surface area (Å²) in [6, 6.07) is 15.4. The number of hydrogen-bond donors (Lipinski definition) is 2. The van der Waals surface area contributed by atoms with Crippen LogP contribution in [0.15, 0.2) is 67.0 Å². The van der Waals surface area contributed by atoms with Crippen molar-refractivity contribution in [2.45, 2.75) is 37.3 Å². The van der Waals surface area contributed by atoms with Crippen LogP contribution < -0.4 is 10.6 Å². The second kappa shape index (κ2) is 12.4. The van der Waals surface area contributed by atoms with Crippen LogP contribution in [0, 0.1) is 5.82 Å². The highest BCUT2D eigenvalue weighted by Gasteiger charge is 2.37. The minimum Gasteiger partial charge on any atom is -0.340 e. The Hall–Kier alpha value is -3.69. The monoisotopic (exact) mass is 530 g/mol. The highest BCUT2D eigenvalue weighted by molar-refractivity contribution is 5.97. The summed E-state index contributed by atoms with van der Waals surface area (Å²) in [4.78, 5) is 39.2. The zero-order valence-electron chi connectivity index (χ0n) is 22.2. The molecule has 1 aliphatic heterocycles. The van der Waals surface area contributed by atoms with E-state index in [4.69, 9.17) is 0 Å². The molecule has 1 saturated heterocycles. The van der Waals surface area contributed by atoms with E-state index in [1.54, 1.807) is 30.6 Å². The molecule has 0 bridgehead atoms. The Morgan fingerprint density at radius 2 is 1.69 bits per heavy atom. The Morgan fingerprint density at radius 1 is 1.00 bits per heavy atom. The van der Waals surface area contributed by atoms with E-state index in [2.05, 4.69) is 25.5 Å². The molecule has 1 saturated carbocycles. The Labute approximate surface area is 228 Å². The van der Waals surface area contributed by atoms with Crippen molar-refractivity contribution in [1.82, 2.24) is 30.4 Å². The molecule has 204 valence electrons. The molecule has 2 fully saturated rings. The molecular weight excluding hydrogens is 495 g/mol. The summed E-state index contributed by atoms with van der Waals surface area (Å²) in [6.45, 7) is 3.71. The van der Waals surface area contributed by atoms with Crippen LogP contribution in [0.25, 0.3) is 11.4 Å². The minimum atomic E-state index is -0.591. The topological polar surface area (TPSA) is 90.5 Å². The molecule has 9 heteroatoms. The average Bonchev–Trinajstić information content (AvgIpc) is 3.75. The van der Waals surface area contributed by atoms with E-state index in [0.717, 1.165) is 43.6 Å². The summed E-state index contributed by atoms with van der Waals surface area (Å²) in [7, 11) is 2.05. The lowest BCUT2D eigenvalue weighted by atomic mass is 10.1. The third-order valence-corrected chi connectivity index (χ3v) is 7.55. The van der Waals surface area contributed by atoms with Crippen molar-refractivity contribution in [1.29, 1.82) is 0 Å². The number of amides is 2. The maximum Gasteiger partial charge on any atom is 0.251 e. The van der Waals surface area contributed by atoms with E-state index < -0.39 is 6.04 Å². The number of carbonyl (C=O) groups excluding carboxylic acids is 2. The van der Waals surface area contributed by atoms with E-state index in [0.29, 0.717) is 42.9 Å². The molecular formula is C30H35FN6O2. The van der Waals surface area contributed by atoms with Crippen molar-refractivity contribution < 1.29 is 14.0 Å². The second-order valence-electron chi connectivity index (χ2n) is 10.4. The maximum absolute atomic E-state index is 13.4. The number of rotatable bonds is 10. The van der Waals surface area contributed by atoms with E-state index in [-0.39, 0.29) is 17.6 Å². The van der Waals surface area contributed by atoms with Gasteiger partial charge in [0.15, 0.2) is 5.82 Å². The molecule has 3 aromatic rings. The fourth-order valence-electron chi connectivity index (χ4n) is 5.06. The number of nitrogens with one attached hydrogen (secondary N) is 2. The van der Waals surface area contributed by atoms with Gasteiger partial charge in [0.2, 0.25) is 5.91 Å². The first-order valence-electron chi connectivity index (χ1n) is 13.6. The molecule has 1 aromatic heterocycles. The van der Waals surface area contributed by atoms with Crippen molar-refractivity contribution in [2.75, 3.05) is 39.8 Å². The van der Waals surface area contributed by atoms with Gasteiger partial charge >= 0.3 is 0 Å². The first-order valence-corrected chi connectivity index (χ1v) is 13.6. The van der Waals surface area contributed by atoms with Crippen LogP contribution in [0.4, 0.5) is 4.39 Å². The fraction of sp³-hybridized carbons (Fsp3) is 0.400. The van der Waals surface area contributed by atoms with Gasteiger partial charge in [-0.15, -0.1) is 0 Å². The first kappa shape index (κ1) is 26.9.